The summed E-state index contributed by atoms with van der Waals surface area (Å²) in [6.45, 7) is 0. The summed E-state index contributed by atoms with van der Waals surface area (Å²) in [4.78, 5) is 14.7. The van der Waals surface area contributed by atoms with Gasteiger partial charge in [-0.1, -0.05) is 28.9 Å². The molecule has 0 bridgehead atoms. The van der Waals surface area contributed by atoms with Gasteiger partial charge in [-0.05, 0) is 17.7 Å². The summed E-state index contributed by atoms with van der Waals surface area (Å²) in [7, 11) is 0. The first-order valence-electron chi connectivity index (χ1n) is 5.85. The number of hydrogen-bond acceptors (Lipinski definition) is 4. The Morgan fingerprint density at radius 3 is 2.65 bits per heavy atom. The highest BCUT2D eigenvalue weighted by atomic mass is 35.5. The molecule has 20 heavy (non-hydrogen) atoms. The van der Waals surface area contributed by atoms with Crippen molar-refractivity contribution in [1.29, 1.82) is 0 Å². The van der Waals surface area contributed by atoms with Gasteiger partial charge in [0, 0.05) is 23.5 Å². The quantitative estimate of drug-likeness (QED) is 0.759. The van der Waals surface area contributed by atoms with Gasteiger partial charge in [-0.25, -0.2) is 0 Å². The summed E-state index contributed by atoms with van der Waals surface area (Å²) in [5.74, 6) is 0.567. The van der Waals surface area contributed by atoms with Crippen LogP contribution in [-0.2, 0) is 0 Å². The van der Waals surface area contributed by atoms with Crippen molar-refractivity contribution in [2.24, 2.45) is 0 Å². The average molecular weight is 288 g/mol. The van der Waals surface area contributed by atoms with E-state index in [1.54, 1.807) is 36.7 Å². The van der Waals surface area contributed by atoms with E-state index in [4.69, 9.17) is 21.9 Å². The molecule has 0 saturated heterocycles. The molecule has 0 aliphatic rings. The number of halogens is 1. The van der Waals surface area contributed by atoms with Crippen LogP contribution in [0.3, 0.4) is 0 Å². The van der Waals surface area contributed by atoms with E-state index in [9.17, 15) is 4.79 Å². The summed E-state index contributed by atoms with van der Waals surface area (Å²) in [6.07, 6.45) is 3.11. The van der Waals surface area contributed by atoms with Gasteiger partial charge in [0.2, 0.25) is 0 Å². The van der Waals surface area contributed by atoms with Crippen molar-refractivity contribution in [3.63, 3.8) is 0 Å². The molecule has 2 heterocycles. The summed E-state index contributed by atoms with van der Waals surface area (Å²) in [5.41, 5.74) is 7.42. The minimum absolute atomic E-state index is 0.171. The number of hydrogen-bond donors (Lipinski definition) is 2. The molecule has 3 aromatic rings. The standard InChI is InChI=1S/C14H10ClN3O2/c15-9-3-1-8(2-4-9)12-13(20-18-14(12)16)10-7-17-6-5-11(10)19/h1-7H,(H2,16,18)(H,17,19). The molecule has 100 valence electrons. The average Bonchev–Trinajstić information content (AvgIpc) is 2.82. The molecule has 0 spiro atoms. The van der Waals surface area contributed by atoms with E-state index in [0.29, 0.717) is 21.9 Å². The second-order valence-corrected chi connectivity index (χ2v) is 4.64. The fourth-order valence-electron chi connectivity index (χ4n) is 1.98. The SMILES string of the molecule is Nc1noc(-c2c[nH]ccc2=O)c1-c1ccc(Cl)cc1. The minimum atomic E-state index is -0.171. The molecular formula is C14H10ClN3O2. The highest BCUT2D eigenvalue weighted by molar-refractivity contribution is 6.30. The summed E-state index contributed by atoms with van der Waals surface area (Å²) in [6, 6.07) is 8.49. The Bertz CT molecular complexity index is 806. The Kier molecular flexibility index (Phi) is 3.04. The first kappa shape index (κ1) is 12.5. The van der Waals surface area contributed by atoms with Crippen molar-refractivity contribution < 1.29 is 4.52 Å². The third-order valence-corrected chi connectivity index (χ3v) is 3.17. The number of aromatic amines is 1. The molecule has 0 atom stereocenters. The summed E-state index contributed by atoms with van der Waals surface area (Å²) in [5, 5.41) is 4.36. The van der Waals surface area contributed by atoms with E-state index in [0.717, 1.165) is 5.56 Å². The predicted molar refractivity (Wildman–Crippen MR) is 77.4 cm³/mol. The van der Waals surface area contributed by atoms with Crippen molar-refractivity contribution in [3.8, 4) is 22.5 Å². The molecule has 0 fully saturated rings. The highest BCUT2D eigenvalue weighted by Gasteiger charge is 2.19. The molecule has 6 heteroatoms. The molecule has 3 rings (SSSR count). The van der Waals surface area contributed by atoms with Crippen LogP contribution in [0.25, 0.3) is 22.5 Å². The van der Waals surface area contributed by atoms with Crippen molar-refractivity contribution in [3.05, 3.63) is 58.0 Å². The van der Waals surface area contributed by atoms with Crippen LogP contribution in [-0.4, -0.2) is 10.1 Å². The minimum Gasteiger partial charge on any atom is -0.380 e. The van der Waals surface area contributed by atoms with Gasteiger partial charge in [0.15, 0.2) is 17.0 Å². The summed E-state index contributed by atoms with van der Waals surface area (Å²) >= 11 is 5.87. The molecule has 1 aromatic carbocycles. The van der Waals surface area contributed by atoms with E-state index in [2.05, 4.69) is 10.1 Å². The first-order chi connectivity index (χ1) is 9.66. The Morgan fingerprint density at radius 2 is 1.95 bits per heavy atom. The fourth-order valence-corrected chi connectivity index (χ4v) is 2.10. The molecule has 0 aliphatic carbocycles. The smallest absolute Gasteiger partial charge is 0.192 e. The number of nitrogens with two attached hydrogens (primary N) is 1. The number of pyridine rings is 1. The van der Waals surface area contributed by atoms with Crippen LogP contribution in [0.5, 0.6) is 0 Å². The fraction of sp³-hybridized carbons (Fsp3) is 0. The molecule has 3 N–H and O–H groups in total. The van der Waals surface area contributed by atoms with Crippen LogP contribution in [0.15, 0.2) is 52.0 Å². The second-order valence-electron chi connectivity index (χ2n) is 4.20. The zero-order valence-corrected chi connectivity index (χ0v) is 11.0. The number of anilines is 1. The molecule has 0 radical (unpaired) electrons. The zero-order chi connectivity index (χ0) is 14.1. The molecule has 5 nitrogen and oxygen atoms in total. The van der Waals surface area contributed by atoms with E-state index in [1.165, 1.54) is 6.07 Å². The van der Waals surface area contributed by atoms with Gasteiger partial charge < -0.3 is 15.2 Å². The third-order valence-electron chi connectivity index (χ3n) is 2.92. The van der Waals surface area contributed by atoms with Crippen LogP contribution in [0.4, 0.5) is 5.82 Å². The van der Waals surface area contributed by atoms with E-state index in [1.807, 2.05) is 0 Å². The van der Waals surface area contributed by atoms with E-state index >= 15 is 0 Å². The van der Waals surface area contributed by atoms with Crippen LogP contribution in [0.1, 0.15) is 0 Å². The van der Waals surface area contributed by atoms with Crippen molar-refractivity contribution in [2.75, 3.05) is 5.73 Å². The Labute approximate surface area is 119 Å². The van der Waals surface area contributed by atoms with Crippen molar-refractivity contribution in [1.82, 2.24) is 10.1 Å². The van der Waals surface area contributed by atoms with Crippen LogP contribution in [0.2, 0.25) is 5.02 Å². The Balaban J connectivity index is 2.23. The van der Waals surface area contributed by atoms with Gasteiger partial charge in [-0.15, -0.1) is 0 Å². The van der Waals surface area contributed by atoms with Gasteiger partial charge in [0.05, 0.1) is 11.1 Å². The molecular weight excluding hydrogens is 278 g/mol. The Morgan fingerprint density at radius 1 is 1.20 bits per heavy atom. The lowest BCUT2D eigenvalue weighted by molar-refractivity contribution is 0.435. The lowest BCUT2D eigenvalue weighted by atomic mass is 10.0. The lowest BCUT2D eigenvalue weighted by Gasteiger charge is -2.02. The maximum absolute atomic E-state index is 11.9. The van der Waals surface area contributed by atoms with Crippen LogP contribution >= 0.6 is 11.6 Å². The molecule has 0 saturated carbocycles. The first-order valence-corrected chi connectivity index (χ1v) is 6.23. The number of benzene rings is 1. The predicted octanol–water partition coefficient (Wildman–Crippen LogP) is 2.93. The van der Waals surface area contributed by atoms with Gasteiger partial charge in [0.1, 0.15) is 0 Å². The largest absolute Gasteiger partial charge is 0.380 e. The molecule has 0 aliphatic heterocycles. The topological polar surface area (TPSA) is 84.9 Å². The maximum Gasteiger partial charge on any atom is 0.192 e. The van der Waals surface area contributed by atoms with Gasteiger partial charge in [0.25, 0.3) is 0 Å². The highest BCUT2D eigenvalue weighted by Crippen LogP contribution is 2.35. The molecule has 2 aromatic heterocycles. The van der Waals surface area contributed by atoms with E-state index < -0.39 is 0 Å². The third kappa shape index (κ3) is 2.08. The molecule has 0 amide bonds. The maximum atomic E-state index is 11.9. The van der Waals surface area contributed by atoms with Crippen molar-refractivity contribution >= 4 is 17.4 Å². The number of nitrogens with zero attached hydrogens (tertiary/aromatic N) is 1. The number of nitrogens with one attached hydrogen (secondary N) is 1. The van der Waals surface area contributed by atoms with Gasteiger partial charge >= 0.3 is 0 Å². The van der Waals surface area contributed by atoms with Crippen LogP contribution in [0, 0.1) is 0 Å². The lowest BCUT2D eigenvalue weighted by Crippen LogP contribution is -2.02. The Hall–Kier alpha value is -2.53. The zero-order valence-electron chi connectivity index (χ0n) is 10.3. The van der Waals surface area contributed by atoms with Gasteiger partial charge in [-0.3, -0.25) is 4.79 Å². The second kappa shape index (κ2) is 4.86. The summed E-state index contributed by atoms with van der Waals surface area (Å²) < 4.78 is 5.22. The number of aromatic nitrogens is 2. The molecule has 0 unspecified atom stereocenters. The van der Waals surface area contributed by atoms with Crippen LogP contribution < -0.4 is 11.2 Å². The normalized spacial score (nSPS) is 10.7. The number of nitrogen functional groups attached to an aromatic ring is 1. The van der Waals surface area contributed by atoms with E-state index in [-0.39, 0.29) is 11.2 Å². The van der Waals surface area contributed by atoms with Crippen molar-refractivity contribution in [2.45, 2.75) is 0 Å². The monoisotopic (exact) mass is 287 g/mol. The van der Waals surface area contributed by atoms with Gasteiger partial charge in [-0.2, -0.15) is 0 Å². The number of H-pyrrole nitrogens is 1. The number of rotatable bonds is 2.